The zero-order valence-electron chi connectivity index (χ0n) is 19.3. The minimum absolute atomic E-state index is 0.169. The third-order valence-corrected chi connectivity index (χ3v) is 5.62. The lowest BCUT2D eigenvalue weighted by molar-refractivity contribution is 0.0564. The van der Waals surface area contributed by atoms with E-state index in [9.17, 15) is 9.59 Å². The summed E-state index contributed by atoms with van der Waals surface area (Å²) in [5.74, 6) is 0.314. The number of nitrogens with two attached hydrogens (primary N) is 1. The van der Waals surface area contributed by atoms with Gasteiger partial charge in [0.05, 0.1) is 18.9 Å². The van der Waals surface area contributed by atoms with E-state index in [1.54, 1.807) is 23.6 Å². The van der Waals surface area contributed by atoms with Crippen LogP contribution in [0.1, 0.15) is 41.2 Å². The molecule has 174 valence electrons. The molecule has 0 atom stereocenters. The van der Waals surface area contributed by atoms with Gasteiger partial charge in [0.1, 0.15) is 11.3 Å². The summed E-state index contributed by atoms with van der Waals surface area (Å²) in [5.41, 5.74) is 8.20. The van der Waals surface area contributed by atoms with Gasteiger partial charge in [0.2, 0.25) is 0 Å². The lowest BCUT2D eigenvalue weighted by Gasteiger charge is -2.32. The van der Waals surface area contributed by atoms with Crippen molar-refractivity contribution >= 4 is 17.6 Å². The third-order valence-electron chi connectivity index (χ3n) is 5.62. The van der Waals surface area contributed by atoms with Gasteiger partial charge < -0.3 is 30.1 Å². The number of benzene rings is 1. The Morgan fingerprint density at radius 1 is 1.22 bits per heavy atom. The largest absolute Gasteiger partial charge is 0.378 e. The fourth-order valence-electron chi connectivity index (χ4n) is 3.67. The summed E-state index contributed by atoms with van der Waals surface area (Å²) in [6, 6.07) is 7.35. The van der Waals surface area contributed by atoms with Crippen LogP contribution in [-0.4, -0.2) is 66.3 Å². The van der Waals surface area contributed by atoms with Gasteiger partial charge in [-0.05, 0) is 37.4 Å². The number of hydrogen-bond donors (Lipinski definition) is 2. The molecule has 1 aliphatic heterocycles. The van der Waals surface area contributed by atoms with E-state index < -0.39 is 0 Å². The standard InChI is InChI=1S/C23H33N5O4/c1-16-20(17(2)32-26-16)21(29)28(15-23(3,4)14-24)13-18-7-5-6-8-19(18)25-22(30)27-9-11-31-12-10-27/h5-8H,9-15,24H2,1-4H3,(H,25,30). The van der Waals surface area contributed by atoms with Crippen LogP contribution in [0.4, 0.5) is 10.5 Å². The Bertz CT molecular complexity index is 930. The first kappa shape index (κ1) is 23.7. The van der Waals surface area contributed by atoms with Gasteiger partial charge in [-0.2, -0.15) is 0 Å². The van der Waals surface area contributed by atoms with Crippen molar-refractivity contribution in [1.29, 1.82) is 0 Å². The molecule has 1 aromatic carbocycles. The number of aryl methyl sites for hydroxylation is 2. The third kappa shape index (κ3) is 5.66. The molecule has 3 N–H and O–H groups in total. The summed E-state index contributed by atoms with van der Waals surface area (Å²) in [5, 5.41) is 6.93. The molecule has 9 nitrogen and oxygen atoms in total. The van der Waals surface area contributed by atoms with Crippen molar-refractivity contribution < 1.29 is 18.8 Å². The van der Waals surface area contributed by atoms with E-state index in [0.29, 0.717) is 68.6 Å². The van der Waals surface area contributed by atoms with Crippen molar-refractivity contribution in [3.63, 3.8) is 0 Å². The number of hydrogen-bond acceptors (Lipinski definition) is 6. The van der Waals surface area contributed by atoms with E-state index in [2.05, 4.69) is 10.5 Å². The van der Waals surface area contributed by atoms with Crippen LogP contribution in [0, 0.1) is 19.3 Å². The Hall–Kier alpha value is -2.91. The lowest BCUT2D eigenvalue weighted by Crippen LogP contribution is -2.43. The molecule has 1 aromatic heterocycles. The Balaban J connectivity index is 1.86. The Morgan fingerprint density at radius 3 is 2.53 bits per heavy atom. The minimum atomic E-state index is -0.291. The van der Waals surface area contributed by atoms with Crippen molar-refractivity contribution in [1.82, 2.24) is 15.0 Å². The van der Waals surface area contributed by atoms with Gasteiger partial charge in [-0.25, -0.2) is 4.79 Å². The van der Waals surface area contributed by atoms with Gasteiger partial charge in [0.15, 0.2) is 0 Å². The number of nitrogens with zero attached hydrogens (tertiary/aromatic N) is 3. The maximum atomic E-state index is 13.5. The van der Waals surface area contributed by atoms with Crippen LogP contribution >= 0.6 is 0 Å². The number of rotatable bonds is 7. The average molecular weight is 444 g/mol. The van der Waals surface area contributed by atoms with Crippen molar-refractivity contribution in [2.45, 2.75) is 34.2 Å². The van der Waals surface area contributed by atoms with Gasteiger partial charge in [-0.15, -0.1) is 0 Å². The summed E-state index contributed by atoms with van der Waals surface area (Å²) >= 11 is 0. The molecule has 2 heterocycles. The fourth-order valence-corrected chi connectivity index (χ4v) is 3.67. The number of nitrogens with one attached hydrogen (secondary N) is 1. The first-order valence-corrected chi connectivity index (χ1v) is 10.9. The highest BCUT2D eigenvalue weighted by atomic mass is 16.5. The summed E-state index contributed by atoms with van der Waals surface area (Å²) in [6.45, 7) is 10.9. The van der Waals surface area contributed by atoms with Crippen LogP contribution in [0.25, 0.3) is 0 Å². The van der Waals surface area contributed by atoms with E-state index in [-0.39, 0.29) is 17.4 Å². The van der Waals surface area contributed by atoms with Gasteiger partial charge in [0.25, 0.3) is 5.91 Å². The smallest absolute Gasteiger partial charge is 0.322 e. The first-order valence-electron chi connectivity index (χ1n) is 10.9. The lowest BCUT2D eigenvalue weighted by atomic mass is 9.92. The maximum absolute atomic E-state index is 13.5. The number of ether oxygens (including phenoxy) is 1. The number of para-hydroxylation sites is 1. The molecule has 3 amide bonds. The number of anilines is 1. The molecule has 0 radical (unpaired) electrons. The number of aromatic nitrogens is 1. The van der Waals surface area contributed by atoms with E-state index in [4.69, 9.17) is 15.0 Å². The number of carbonyl (C=O) groups excluding carboxylic acids is 2. The molecule has 0 spiro atoms. The van der Waals surface area contributed by atoms with E-state index in [1.165, 1.54) is 0 Å². The molecule has 1 fully saturated rings. The second-order valence-electron chi connectivity index (χ2n) is 8.92. The highest BCUT2D eigenvalue weighted by Crippen LogP contribution is 2.25. The predicted molar refractivity (Wildman–Crippen MR) is 121 cm³/mol. The molecule has 1 aliphatic rings. The monoisotopic (exact) mass is 443 g/mol. The zero-order chi connectivity index (χ0) is 23.3. The van der Waals surface area contributed by atoms with Crippen molar-refractivity contribution in [3.8, 4) is 0 Å². The van der Waals surface area contributed by atoms with Crippen LogP contribution in [-0.2, 0) is 11.3 Å². The van der Waals surface area contributed by atoms with Crippen LogP contribution in [0.15, 0.2) is 28.8 Å². The maximum Gasteiger partial charge on any atom is 0.322 e. The number of carbonyl (C=O) groups is 2. The van der Waals surface area contributed by atoms with Crippen LogP contribution in [0.5, 0.6) is 0 Å². The SMILES string of the molecule is Cc1noc(C)c1C(=O)N(Cc1ccccc1NC(=O)N1CCOCC1)CC(C)(C)CN. The quantitative estimate of drug-likeness (QED) is 0.680. The Labute approximate surface area is 188 Å². The average Bonchev–Trinajstić information content (AvgIpc) is 3.12. The fraction of sp³-hybridized carbons (Fsp3) is 0.522. The van der Waals surface area contributed by atoms with Gasteiger partial charge in [-0.1, -0.05) is 37.2 Å². The second-order valence-corrected chi connectivity index (χ2v) is 8.92. The molecule has 3 rings (SSSR count). The highest BCUT2D eigenvalue weighted by molar-refractivity contribution is 5.96. The van der Waals surface area contributed by atoms with Crippen molar-refractivity contribution in [2.24, 2.45) is 11.1 Å². The Kier molecular flexibility index (Phi) is 7.52. The van der Waals surface area contributed by atoms with E-state index in [0.717, 1.165) is 5.56 Å². The molecule has 9 heteroatoms. The number of morpholine rings is 1. The van der Waals surface area contributed by atoms with E-state index in [1.807, 2.05) is 38.1 Å². The topological polar surface area (TPSA) is 114 Å². The van der Waals surface area contributed by atoms with E-state index >= 15 is 0 Å². The van der Waals surface area contributed by atoms with Gasteiger partial charge in [-0.3, -0.25) is 4.79 Å². The number of urea groups is 1. The summed E-state index contributed by atoms with van der Waals surface area (Å²) < 4.78 is 10.5. The Morgan fingerprint density at radius 2 is 1.91 bits per heavy atom. The van der Waals surface area contributed by atoms with Crippen molar-refractivity contribution in [3.05, 3.63) is 46.8 Å². The molecule has 0 unspecified atom stereocenters. The van der Waals surface area contributed by atoms with Crippen LogP contribution in [0.3, 0.4) is 0 Å². The predicted octanol–water partition coefficient (Wildman–Crippen LogP) is 2.78. The molecule has 0 aliphatic carbocycles. The summed E-state index contributed by atoms with van der Waals surface area (Å²) in [4.78, 5) is 29.7. The highest BCUT2D eigenvalue weighted by Gasteiger charge is 2.29. The molecule has 32 heavy (non-hydrogen) atoms. The minimum Gasteiger partial charge on any atom is -0.378 e. The molecule has 0 bridgehead atoms. The summed E-state index contributed by atoms with van der Waals surface area (Å²) in [6.07, 6.45) is 0. The molecular weight excluding hydrogens is 410 g/mol. The second kappa shape index (κ2) is 10.1. The van der Waals surface area contributed by atoms with Gasteiger partial charge >= 0.3 is 6.03 Å². The zero-order valence-corrected chi connectivity index (χ0v) is 19.3. The van der Waals surface area contributed by atoms with Gasteiger partial charge in [0, 0.05) is 31.9 Å². The van der Waals surface area contributed by atoms with Crippen LogP contribution < -0.4 is 11.1 Å². The first-order chi connectivity index (χ1) is 15.2. The van der Waals surface area contributed by atoms with Crippen LogP contribution in [0.2, 0.25) is 0 Å². The summed E-state index contributed by atoms with van der Waals surface area (Å²) in [7, 11) is 0. The normalized spacial score (nSPS) is 14.3. The molecule has 1 saturated heterocycles. The molecular formula is C23H33N5O4. The number of amides is 3. The molecule has 2 aromatic rings. The molecule has 0 saturated carbocycles. The van der Waals surface area contributed by atoms with Crippen molar-refractivity contribution in [2.75, 3.05) is 44.7 Å².